The Bertz CT molecular complexity index is 1060. The number of benzene rings is 1. The summed E-state index contributed by atoms with van der Waals surface area (Å²) in [6, 6.07) is 8.10. The first kappa shape index (κ1) is 23.9. The van der Waals surface area contributed by atoms with E-state index in [2.05, 4.69) is 15.2 Å². The van der Waals surface area contributed by atoms with E-state index in [4.69, 9.17) is 4.89 Å². The number of anilines is 1. The van der Waals surface area contributed by atoms with Crippen LogP contribution in [-0.2, 0) is 24.2 Å². The van der Waals surface area contributed by atoms with Crippen molar-refractivity contribution in [3.63, 3.8) is 0 Å². The number of hydrogen-bond donors (Lipinski definition) is 1. The average molecular weight is 456 g/mol. The van der Waals surface area contributed by atoms with Gasteiger partial charge in [0.15, 0.2) is 0 Å². The Kier molecular flexibility index (Phi) is 7.73. The molecule has 9 nitrogen and oxygen atoms in total. The van der Waals surface area contributed by atoms with Gasteiger partial charge < -0.3 is 5.32 Å². The number of likely N-dealkylation sites (N-methyl/N-ethyl adjacent to an activating group) is 2. The van der Waals surface area contributed by atoms with Crippen molar-refractivity contribution < 1.29 is 28.5 Å². The first-order valence-corrected chi connectivity index (χ1v) is 10.5. The standard InChI is InChI=1S/C23H25FN4O5/c1-4-8-18(29)32-33-23(31)19-20(26-17-11-7-12-25-14-17)22(30)28(5-2)27(3)21(19)15-9-6-10-16(24)13-15/h6-7,9-14,21,26H,4-5,8H2,1-3H3. The molecule has 1 amide bonds. The Balaban J connectivity index is 2.13. The number of amides is 1. The molecule has 3 rings (SSSR count). The summed E-state index contributed by atoms with van der Waals surface area (Å²) >= 11 is 0. The predicted molar refractivity (Wildman–Crippen MR) is 116 cm³/mol. The van der Waals surface area contributed by atoms with Gasteiger partial charge in [0.1, 0.15) is 11.5 Å². The van der Waals surface area contributed by atoms with Crippen molar-refractivity contribution in [2.24, 2.45) is 0 Å². The van der Waals surface area contributed by atoms with E-state index in [1.807, 2.05) is 0 Å². The highest BCUT2D eigenvalue weighted by Crippen LogP contribution is 2.37. The molecule has 0 saturated heterocycles. The van der Waals surface area contributed by atoms with E-state index in [1.165, 1.54) is 34.4 Å². The average Bonchev–Trinajstić information content (AvgIpc) is 2.80. The summed E-state index contributed by atoms with van der Waals surface area (Å²) in [5.74, 6) is -2.79. The molecule has 33 heavy (non-hydrogen) atoms. The van der Waals surface area contributed by atoms with E-state index in [0.29, 0.717) is 17.7 Å². The minimum absolute atomic E-state index is 0.0584. The van der Waals surface area contributed by atoms with Crippen LogP contribution in [0.4, 0.5) is 10.1 Å². The van der Waals surface area contributed by atoms with Crippen molar-refractivity contribution in [1.29, 1.82) is 0 Å². The second-order valence-electron chi connectivity index (χ2n) is 7.28. The van der Waals surface area contributed by atoms with Crippen LogP contribution in [0.3, 0.4) is 0 Å². The van der Waals surface area contributed by atoms with Gasteiger partial charge in [0.25, 0.3) is 5.91 Å². The normalized spacial score (nSPS) is 16.5. The number of carbonyl (C=O) groups excluding carboxylic acids is 3. The number of aromatic nitrogens is 1. The molecular formula is C23H25FN4O5. The lowest BCUT2D eigenvalue weighted by Gasteiger charge is -2.42. The number of halogens is 1. The van der Waals surface area contributed by atoms with Gasteiger partial charge in [0.05, 0.1) is 23.5 Å². The highest BCUT2D eigenvalue weighted by Gasteiger charge is 2.43. The highest BCUT2D eigenvalue weighted by atomic mass is 19.1. The second-order valence-corrected chi connectivity index (χ2v) is 7.28. The van der Waals surface area contributed by atoms with Gasteiger partial charge in [0.2, 0.25) is 0 Å². The minimum Gasteiger partial charge on any atom is -0.349 e. The molecule has 0 radical (unpaired) electrons. The zero-order valence-electron chi connectivity index (χ0n) is 18.6. The van der Waals surface area contributed by atoms with Crippen LogP contribution in [0.2, 0.25) is 0 Å². The van der Waals surface area contributed by atoms with Crippen LogP contribution in [-0.4, -0.2) is 46.4 Å². The summed E-state index contributed by atoms with van der Waals surface area (Å²) in [5.41, 5.74) is 0.633. The van der Waals surface area contributed by atoms with E-state index in [-0.39, 0.29) is 24.2 Å². The van der Waals surface area contributed by atoms with Gasteiger partial charge in [-0.1, -0.05) is 19.1 Å². The first-order valence-electron chi connectivity index (χ1n) is 10.5. The quantitative estimate of drug-likeness (QED) is 0.501. The van der Waals surface area contributed by atoms with Crippen molar-refractivity contribution in [1.82, 2.24) is 15.0 Å². The molecule has 10 heteroatoms. The van der Waals surface area contributed by atoms with Gasteiger partial charge in [-0.15, -0.1) is 0 Å². The molecule has 2 heterocycles. The maximum absolute atomic E-state index is 14.1. The van der Waals surface area contributed by atoms with Crippen molar-refractivity contribution in [3.05, 3.63) is 71.4 Å². The molecule has 0 saturated carbocycles. The van der Waals surface area contributed by atoms with Gasteiger partial charge in [-0.2, -0.15) is 0 Å². The van der Waals surface area contributed by atoms with Crippen LogP contribution in [0, 0.1) is 5.82 Å². The van der Waals surface area contributed by atoms with Crippen LogP contribution < -0.4 is 5.32 Å². The van der Waals surface area contributed by atoms with Crippen molar-refractivity contribution >= 4 is 23.5 Å². The molecule has 1 aliphatic rings. The maximum Gasteiger partial charge on any atom is 0.386 e. The maximum atomic E-state index is 14.1. The van der Waals surface area contributed by atoms with Gasteiger partial charge in [-0.05, 0) is 43.2 Å². The van der Waals surface area contributed by atoms with E-state index < -0.39 is 29.7 Å². The molecule has 0 spiro atoms. The number of nitrogens with zero attached hydrogens (tertiary/aromatic N) is 3. The number of hydrazine groups is 1. The fourth-order valence-corrected chi connectivity index (χ4v) is 3.57. The lowest BCUT2D eigenvalue weighted by atomic mass is 9.93. The van der Waals surface area contributed by atoms with E-state index in [0.717, 1.165) is 0 Å². The van der Waals surface area contributed by atoms with Crippen LogP contribution in [0.25, 0.3) is 0 Å². The fourth-order valence-electron chi connectivity index (χ4n) is 3.57. The van der Waals surface area contributed by atoms with Crippen LogP contribution in [0.15, 0.2) is 60.1 Å². The molecule has 1 aromatic heterocycles. The summed E-state index contributed by atoms with van der Waals surface area (Å²) in [6.07, 6.45) is 3.61. The fraction of sp³-hybridized carbons (Fsp3) is 0.304. The second kappa shape index (κ2) is 10.7. The Morgan fingerprint density at radius 1 is 1.18 bits per heavy atom. The van der Waals surface area contributed by atoms with Gasteiger partial charge >= 0.3 is 11.9 Å². The zero-order chi connectivity index (χ0) is 24.0. The van der Waals surface area contributed by atoms with Crippen LogP contribution in [0.5, 0.6) is 0 Å². The van der Waals surface area contributed by atoms with E-state index >= 15 is 0 Å². The van der Waals surface area contributed by atoms with Gasteiger partial charge in [0, 0.05) is 26.2 Å². The SMILES string of the molecule is CCCC(=O)OOC(=O)C1=C(Nc2cccnc2)C(=O)N(CC)N(C)C1c1cccc(F)c1. The van der Waals surface area contributed by atoms with Gasteiger partial charge in [-0.25, -0.2) is 28.8 Å². The smallest absolute Gasteiger partial charge is 0.349 e. The van der Waals surface area contributed by atoms with Crippen molar-refractivity contribution in [2.45, 2.75) is 32.7 Å². The molecular weight excluding hydrogens is 431 g/mol. The lowest BCUT2D eigenvalue weighted by molar-refractivity contribution is -0.256. The molecule has 1 unspecified atom stereocenters. The Morgan fingerprint density at radius 2 is 1.97 bits per heavy atom. The first-order chi connectivity index (χ1) is 15.9. The summed E-state index contributed by atoms with van der Waals surface area (Å²) in [6.45, 7) is 3.83. The Labute approximate surface area is 190 Å². The van der Waals surface area contributed by atoms with Crippen LogP contribution >= 0.6 is 0 Å². The molecule has 1 aromatic carbocycles. The van der Waals surface area contributed by atoms with Gasteiger partial charge in [-0.3, -0.25) is 14.8 Å². The largest absolute Gasteiger partial charge is 0.386 e. The molecule has 1 N–H and O–H groups in total. The number of carbonyl (C=O) groups is 3. The molecule has 0 bridgehead atoms. The van der Waals surface area contributed by atoms with E-state index in [1.54, 1.807) is 45.3 Å². The monoisotopic (exact) mass is 456 g/mol. The zero-order valence-corrected chi connectivity index (χ0v) is 18.6. The molecule has 0 aliphatic carbocycles. The third-order valence-electron chi connectivity index (χ3n) is 5.02. The minimum atomic E-state index is -1.05. The molecule has 0 fully saturated rings. The van der Waals surface area contributed by atoms with Crippen LogP contribution in [0.1, 0.15) is 38.3 Å². The molecule has 1 aliphatic heterocycles. The molecule has 174 valence electrons. The number of rotatable bonds is 7. The van der Waals surface area contributed by atoms with E-state index in [9.17, 15) is 18.8 Å². The lowest BCUT2D eigenvalue weighted by Crippen LogP contribution is -2.53. The van der Waals surface area contributed by atoms with Crippen molar-refractivity contribution in [3.8, 4) is 0 Å². The number of hydrogen-bond acceptors (Lipinski definition) is 8. The molecule has 2 aromatic rings. The number of pyridine rings is 1. The summed E-state index contributed by atoms with van der Waals surface area (Å²) < 4.78 is 14.1. The summed E-state index contributed by atoms with van der Waals surface area (Å²) in [4.78, 5) is 51.7. The Hall–Kier alpha value is -3.79. The highest BCUT2D eigenvalue weighted by molar-refractivity contribution is 6.06. The third-order valence-corrected chi connectivity index (χ3v) is 5.02. The summed E-state index contributed by atoms with van der Waals surface area (Å²) in [5, 5.41) is 5.87. The number of nitrogens with one attached hydrogen (secondary N) is 1. The Morgan fingerprint density at radius 3 is 2.61 bits per heavy atom. The summed E-state index contributed by atoms with van der Waals surface area (Å²) in [7, 11) is 1.61. The van der Waals surface area contributed by atoms with Crippen molar-refractivity contribution in [2.75, 3.05) is 18.9 Å². The predicted octanol–water partition coefficient (Wildman–Crippen LogP) is 3.14. The molecule has 1 atom stereocenters. The third kappa shape index (κ3) is 5.35. The topological polar surface area (TPSA) is 101 Å².